The predicted octanol–water partition coefficient (Wildman–Crippen LogP) is 3.70. The van der Waals surface area contributed by atoms with Gasteiger partial charge in [0, 0.05) is 0 Å². The number of benzene rings is 2. The lowest BCUT2D eigenvalue weighted by molar-refractivity contribution is 0.157. The molecule has 2 N–H and O–H groups in total. The van der Waals surface area contributed by atoms with Gasteiger partial charge in [0.15, 0.2) is 0 Å². The summed E-state index contributed by atoms with van der Waals surface area (Å²) in [5.74, 6) is 0. The van der Waals surface area contributed by atoms with Crippen molar-refractivity contribution in [1.29, 1.82) is 0 Å². The second kappa shape index (κ2) is 6.00. The summed E-state index contributed by atoms with van der Waals surface area (Å²) in [5.41, 5.74) is 8.97. The summed E-state index contributed by atoms with van der Waals surface area (Å²) < 4.78 is 0. The summed E-state index contributed by atoms with van der Waals surface area (Å²) in [4.78, 5) is 2.54. The first-order valence-corrected chi connectivity index (χ1v) is 7.83. The van der Waals surface area contributed by atoms with E-state index in [2.05, 4.69) is 66.4 Å². The van der Waals surface area contributed by atoms with Crippen molar-refractivity contribution >= 4 is 0 Å². The Balaban J connectivity index is 2.02. The van der Waals surface area contributed by atoms with Crippen LogP contribution in [0.2, 0.25) is 0 Å². The van der Waals surface area contributed by atoms with Crippen molar-refractivity contribution < 1.29 is 0 Å². The molecule has 1 fully saturated rings. The van der Waals surface area contributed by atoms with E-state index in [0.29, 0.717) is 0 Å². The minimum absolute atomic E-state index is 0.226. The van der Waals surface area contributed by atoms with Crippen LogP contribution < -0.4 is 5.73 Å². The van der Waals surface area contributed by atoms with E-state index in [-0.39, 0.29) is 6.04 Å². The summed E-state index contributed by atoms with van der Waals surface area (Å²) in [7, 11) is 0. The zero-order chi connectivity index (χ0) is 14.7. The molecule has 1 saturated heterocycles. The normalized spacial score (nSPS) is 20.1. The Labute approximate surface area is 127 Å². The third kappa shape index (κ3) is 2.87. The number of nitrogens with two attached hydrogens (primary N) is 1. The molecule has 3 rings (SSSR count). The molecule has 0 radical (unpaired) electrons. The van der Waals surface area contributed by atoms with Crippen LogP contribution in [0.4, 0.5) is 0 Å². The molecule has 21 heavy (non-hydrogen) atoms. The zero-order valence-electron chi connectivity index (χ0n) is 12.7. The Bertz CT molecular complexity index is 557. The van der Waals surface area contributed by atoms with Gasteiger partial charge in [0.2, 0.25) is 0 Å². The summed E-state index contributed by atoms with van der Waals surface area (Å²) in [6.07, 6.45) is 2.54. The van der Waals surface area contributed by atoms with Gasteiger partial charge in [0.05, 0.1) is 11.6 Å². The number of nitrogens with zero attached hydrogens (tertiary/aromatic N) is 1. The lowest BCUT2D eigenvalue weighted by Gasteiger charge is -2.41. The van der Waals surface area contributed by atoms with Crippen LogP contribution in [-0.4, -0.2) is 18.0 Å². The molecular formula is C19H24N2. The lowest BCUT2D eigenvalue weighted by atomic mass is 9.81. The molecule has 110 valence electrons. The molecule has 2 aromatic rings. The molecule has 0 amide bonds. The minimum Gasteiger partial charge on any atom is -0.320 e. The van der Waals surface area contributed by atoms with Crippen LogP contribution in [0.15, 0.2) is 60.7 Å². The number of likely N-dealkylation sites (tertiary alicyclic amines) is 1. The molecule has 0 spiro atoms. The van der Waals surface area contributed by atoms with Crippen LogP contribution in [0, 0.1) is 0 Å². The quantitative estimate of drug-likeness (QED) is 0.925. The highest BCUT2D eigenvalue weighted by molar-refractivity contribution is 5.31. The topological polar surface area (TPSA) is 29.3 Å². The van der Waals surface area contributed by atoms with E-state index < -0.39 is 5.54 Å². The first kappa shape index (κ1) is 14.3. The third-order valence-electron chi connectivity index (χ3n) is 4.58. The Hall–Kier alpha value is -1.64. The first-order valence-electron chi connectivity index (χ1n) is 7.83. The molecule has 2 unspecified atom stereocenters. The Morgan fingerprint density at radius 3 is 2.00 bits per heavy atom. The number of hydrogen-bond donors (Lipinski definition) is 1. The van der Waals surface area contributed by atoms with Crippen molar-refractivity contribution in [2.75, 3.05) is 13.1 Å². The molecule has 0 aliphatic carbocycles. The van der Waals surface area contributed by atoms with Crippen molar-refractivity contribution in [3.63, 3.8) is 0 Å². The smallest absolute Gasteiger partial charge is 0.0580 e. The van der Waals surface area contributed by atoms with Crippen LogP contribution >= 0.6 is 0 Å². The van der Waals surface area contributed by atoms with Crippen molar-refractivity contribution in [1.82, 2.24) is 4.90 Å². The van der Waals surface area contributed by atoms with E-state index >= 15 is 0 Å². The fraction of sp³-hybridized carbons (Fsp3) is 0.368. The number of hydrogen-bond acceptors (Lipinski definition) is 2. The lowest BCUT2D eigenvalue weighted by Crippen LogP contribution is -2.47. The van der Waals surface area contributed by atoms with Gasteiger partial charge in [-0.25, -0.2) is 0 Å². The summed E-state index contributed by atoms with van der Waals surface area (Å²) in [5, 5.41) is 0. The Kier molecular flexibility index (Phi) is 4.09. The van der Waals surface area contributed by atoms with Gasteiger partial charge in [-0.3, -0.25) is 4.90 Å². The molecule has 2 heteroatoms. The SMILES string of the molecule is CC(N)(c1ccccc1)C(c1ccccc1)N1CCCC1. The van der Waals surface area contributed by atoms with E-state index in [1.165, 1.54) is 24.0 Å². The molecule has 0 aromatic heterocycles. The standard InChI is InChI=1S/C19H24N2/c1-19(20,17-12-6-3-7-13-17)18(21-14-8-9-15-21)16-10-4-2-5-11-16/h2-7,10-13,18H,8-9,14-15,20H2,1H3. The van der Waals surface area contributed by atoms with Crippen molar-refractivity contribution in [3.8, 4) is 0 Å². The maximum Gasteiger partial charge on any atom is 0.0580 e. The van der Waals surface area contributed by atoms with Crippen molar-refractivity contribution in [3.05, 3.63) is 71.8 Å². The zero-order valence-corrected chi connectivity index (χ0v) is 12.7. The maximum atomic E-state index is 6.85. The van der Waals surface area contributed by atoms with Gasteiger partial charge in [0.25, 0.3) is 0 Å². The molecule has 2 nitrogen and oxygen atoms in total. The fourth-order valence-corrected chi connectivity index (χ4v) is 3.53. The van der Waals surface area contributed by atoms with E-state index in [4.69, 9.17) is 5.73 Å². The Morgan fingerprint density at radius 2 is 1.43 bits per heavy atom. The molecular weight excluding hydrogens is 256 g/mol. The second-order valence-corrected chi connectivity index (χ2v) is 6.21. The van der Waals surface area contributed by atoms with E-state index in [0.717, 1.165) is 13.1 Å². The van der Waals surface area contributed by atoms with Crippen LogP contribution in [0.5, 0.6) is 0 Å². The minimum atomic E-state index is -0.396. The van der Waals surface area contributed by atoms with E-state index in [9.17, 15) is 0 Å². The van der Waals surface area contributed by atoms with Crippen LogP contribution in [0.1, 0.15) is 36.9 Å². The third-order valence-corrected chi connectivity index (χ3v) is 4.58. The van der Waals surface area contributed by atoms with E-state index in [1.54, 1.807) is 0 Å². The highest BCUT2D eigenvalue weighted by Crippen LogP contribution is 2.38. The monoisotopic (exact) mass is 280 g/mol. The molecule has 0 saturated carbocycles. The molecule has 2 aromatic carbocycles. The van der Waals surface area contributed by atoms with Gasteiger partial charge in [-0.2, -0.15) is 0 Å². The highest BCUT2D eigenvalue weighted by atomic mass is 15.2. The fourth-order valence-electron chi connectivity index (χ4n) is 3.53. The predicted molar refractivity (Wildman–Crippen MR) is 88.0 cm³/mol. The average Bonchev–Trinajstić information content (AvgIpc) is 3.03. The van der Waals surface area contributed by atoms with Crippen molar-refractivity contribution in [2.24, 2.45) is 5.73 Å². The van der Waals surface area contributed by atoms with Crippen LogP contribution in [0.3, 0.4) is 0 Å². The molecule has 1 aliphatic heterocycles. The molecule has 1 heterocycles. The number of rotatable bonds is 4. The average molecular weight is 280 g/mol. The second-order valence-electron chi connectivity index (χ2n) is 6.21. The van der Waals surface area contributed by atoms with Gasteiger partial charge in [0.1, 0.15) is 0 Å². The van der Waals surface area contributed by atoms with Crippen molar-refractivity contribution in [2.45, 2.75) is 31.3 Å². The highest BCUT2D eigenvalue weighted by Gasteiger charge is 2.38. The van der Waals surface area contributed by atoms with Gasteiger partial charge in [-0.05, 0) is 44.0 Å². The molecule has 1 aliphatic rings. The van der Waals surface area contributed by atoms with Crippen LogP contribution in [0.25, 0.3) is 0 Å². The summed E-state index contributed by atoms with van der Waals surface area (Å²) in [6, 6.07) is 21.4. The van der Waals surface area contributed by atoms with Gasteiger partial charge in [-0.15, -0.1) is 0 Å². The Morgan fingerprint density at radius 1 is 0.905 bits per heavy atom. The van der Waals surface area contributed by atoms with Crippen LogP contribution in [-0.2, 0) is 5.54 Å². The van der Waals surface area contributed by atoms with Gasteiger partial charge >= 0.3 is 0 Å². The molecule has 0 bridgehead atoms. The van der Waals surface area contributed by atoms with Gasteiger partial charge in [-0.1, -0.05) is 60.7 Å². The molecule has 2 atom stereocenters. The summed E-state index contributed by atoms with van der Waals surface area (Å²) in [6.45, 7) is 4.44. The van der Waals surface area contributed by atoms with Gasteiger partial charge < -0.3 is 5.73 Å². The van der Waals surface area contributed by atoms with E-state index in [1.807, 2.05) is 6.07 Å². The summed E-state index contributed by atoms with van der Waals surface area (Å²) >= 11 is 0. The largest absolute Gasteiger partial charge is 0.320 e. The maximum absolute atomic E-state index is 6.85. The first-order chi connectivity index (χ1) is 10.2.